The molecule has 1 amide bonds. The van der Waals surface area contributed by atoms with Crippen molar-refractivity contribution in [1.29, 1.82) is 0 Å². The third-order valence-corrected chi connectivity index (χ3v) is 4.42. The van der Waals surface area contributed by atoms with Crippen molar-refractivity contribution in [2.75, 3.05) is 31.1 Å². The molecular weight excluding hydrogens is 306 g/mol. The first-order valence-electron chi connectivity index (χ1n) is 8.05. The van der Waals surface area contributed by atoms with Crippen molar-refractivity contribution in [2.24, 2.45) is 0 Å². The van der Waals surface area contributed by atoms with Crippen LogP contribution in [0, 0.1) is 0 Å². The van der Waals surface area contributed by atoms with E-state index in [9.17, 15) is 9.59 Å². The number of anilines is 1. The number of aromatic nitrogens is 3. The molecule has 1 aliphatic rings. The van der Waals surface area contributed by atoms with E-state index in [1.165, 1.54) is 6.33 Å². The number of carbonyl (C=O) groups excluding carboxylic acids is 2. The molecule has 1 atom stereocenters. The lowest BCUT2D eigenvalue weighted by Gasteiger charge is -2.37. The zero-order chi connectivity index (χ0) is 17.1. The molecule has 3 rings (SSSR count). The molecule has 0 spiro atoms. The maximum Gasteiger partial charge on any atom is 0.247 e. The van der Waals surface area contributed by atoms with E-state index in [0.29, 0.717) is 18.7 Å². The molecule has 2 aromatic rings. The van der Waals surface area contributed by atoms with Crippen LogP contribution in [-0.2, 0) is 4.79 Å². The van der Waals surface area contributed by atoms with Gasteiger partial charge in [0.25, 0.3) is 0 Å². The Labute approximate surface area is 140 Å². The van der Waals surface area contributed by atoms with E-state index in [2.05, 4.69) is 15.0 Å². The fraction of sp³-hybridized carbons (Fsp3) is 0.412. The van der Waals surface area contributed by atoms with E-state index in [4.69, 9.17) is 0 Å². The minimum atomic E-state index is -0.339. The van der Waals surface area contributed by atoms with Gasteiger partial charge in [0.15, 0.2) is 5.78 Å². The normalized spacial score (nSPS) is 16.1. The molecular formula is C17H21N5O2. The van der Waals surface area contributed by atoms with Crippen LogP contribution in [0.15, 0.2) is 36.9 Å². The second kappa shape index (κ2) is 6.82. The summed E-state index contributed by atoms with van der Waals surface area (Å²) in [5.74, 6) is 0.131. The van der Waals surface area contributed by atoms with Crippen molar-refractivity contribution in [3.05, 3.63) is 42.5 Å². The van der Waals surface area contributed by atoms with Gasteiger partial charge in [-0.25, -0.2) is 9.67 Å². The number of hydrogen-bond acceptors (Lipinski definition) is 5. The molecule has 0 N–H and O–H groups in total. The Balaban J connectivity index is 1.59. The van der Waals surface area contributed by atoms with Crippen LogP contribution in [0.1, 0.15) is 30.2 Å². The summed E-state index contributed by atoms with van der Waals surface area (Å²) in [5, 5.41) is 4.04. The van der Waals surface area contributed by atoms with Crippen LogP contribution in [0.2, 0.25) is 0 Å². The number of Topliss-reactive ketones (excluding diaryl/α,β-unsaturated/α-hetero) is 1. The quantitative estimate of drug-likeness (QED) is 0.794. The van der Waals surface area contributed by atoms with Gasteiger partial charge in [0.05, 0.1) is 0 Å². The third kappa shape index (κ3) is 3.29. The van der Waals surface area contributed by atoms with Gasteiger partial charge in [-0.2, -0.15) is 5.10 Å². The van der Waals surface area contributed by atoms with E-state index in [1.54, 1.807) is 17.9 Å². The largest absolute Gasteiger partial charge is 0.368 e. The van der Waals surface area contributed by atoms with Gasteiger partial charge >= 0.3 is 0 Å². The van der Waals surface area contributed by atoms with Gasteiger partial charge in [-0.1, -0.05) is 0 Å². The highest BCUT2D eigenvalue weighted by molar-refractivity contribution is 5.94. The summed E-state index contributed by atoms with van der Waals surface area (Å²) in [7, 11) is 0. The molecule has 0 aliphatic carbocycles. The lowest BCUT2D eigenvalue weighted by Crippen LogP contribution is -2.50. The molecule has 0 bridgehead atoms. The topological polar surface area (TPSA) is 71.3 Å². The van der Waals surface area contributed by atoms with Crippen LogP contribution in [-0.4, -0.2) is 57.5 Å². The molecule has 7 heteroatoms. The van der Waals surface area contributed by atoms with Crippen molar-refractivity contribution in [3.63, 3.8) is 0 Å². The Bertz CT molecular complexity index is 703. The molecule has 0 radical (unpaired) electrons. The van der Waals surface area contributed by atoms with Gasteiger partial charge in [-0.15, -0.1) is 0 Å². The van der Waals surface area contributed by atoms with Gasteiger partial charge < -0.3 is 9.80 Å². The molecule has 1 saturated heterocycles. The lowest BCUT2D eigenvalue weighted by atomic mass is 10.1. The number of ketones is 1. The second-order valence-electron chi connectivity index (χ2n) is 5.97. The summed E-state index contributed by atoms with van der Waals surface area (Å²) in [6.45, 7) is 6.29. The molecule has 7 nitrogen and oxygen atoms in total. The summed E-state index contributed by atoms with van der Waals surface area (Å²) in [6.07, 6.45) is 3.00. The van der Waals surface area contributed by atoms with Crippen LogP contribution in [0.5, 0.6) is 0 Å². The smallest absolute Gasteiger partial charge is 0.247 e. The summed E-state index contributed by atoms with van der Waals surface area (Å²) in [5.41, 5.74) is 1.80. The molecule has 1 fully saturated rings. The average Bonchev–Trinajstić information content (AvgIpc) is 3.15. The van der Waals surface area contributed by atoms with Gasteiger partial charge in [-0.05, 0) is 38.1 Å². The summed E-state index contributed by atoms with van der Waals surface area (Å²) in [6, 6.07) is 7.29. The number of amides is 1. The van der Waals surface area contributed by atoms with E-state index in [1.807, 2.05) is 36.1 Å². The first kappa shape index (κ1) is 16.2. The molecule has 24 heavy (non-hydrogen) atoms. The minimum Gasteiger partial charge on any atom is -0.368 e. The van der Waals surface area contributed by atoms with E-state index >= 15 is 0 Å². The van der Waals surface area contributed by atoms with Crippen molar-refractivity contribution >= 4 is 17.4 Å². The Morgan fingerprint density at radius 2 is 1.75 bits per heavy atom. The van der Waals surface area contributed by atoms with Crippen LogP contribution < -0.4 is 4.90 Å². The molecule has 0 saturated carbocycles. The lowest BCUT2D eigenvalue weighted by molar-refractivity contribution is -0.134. The Morgan fingerprint density at radius 1 is 1.08 bits per heavy atom. The maximum atomic E-state index is 12.5. The fourth-order valence-electron chi connectivity index (χ4n) is 2.89. The monoisotopic (exact) mass is 327 g/mol. The van der Waals surface area contributed by atoms with E-state index in [-0.39, 0.29) is 17.7 Å². The summed E-state index contributed by atoms with van der Waals surface area (Å²) >= 11 is 0. The zero-order valence-electron chi connectivity index (χ0n) is 13.9. The number of piperazine rings is 1. The molecule has 1 aliphatic heterocycles. The van der Waals surface area contributed by atoms with Crippen LogP contribution in [0.3, 0.4) is 0 Å². The van der Waals surface area contributed by atoms with Crippen molar-refractivity contribution in [3.8, 4) is 0 Å². The van der Waals surface area contributed by atoms with E-state index in [0.717, 1.165) is 18.8 Å². The van der Waals surface area contributed by atoms with Crippen molar-refractivity contribution in [1.82, 2.24) is 19.7 Å². The Kier molecular flexibility index (Phi) is 4.59. The SMILES string of the molecule is CC(=O)c1ccc(N2CCN(C(=O)[C@@H](C)n3cncn3)CC2)cc1. The first-order valence-corrected chi connectivity index (χ1v) is 8.05. The van der Waals surface area contributed by atoms with Gasteiger partial charge in [0.1, 0.15) is 18.7 Å². The minimum absolute atomic E-state index is 0.0621. The molecule has 2 heterocycles. The summed E-state index contributed by atoms with van der Waals surface area (Å²) < 4.78 is 1.58. The second-order valence-corrected chi connectivity index (χ2v) is 5.97. The predicted octanol–water partition coefficient (Wildman–Crippen LogP) is 1.39. The highest BCUT2D eigenvalue weighted by Crippen LogP contribution is 2.19. The average molecular weight is 327 g/mol. The highest BCUT2D eigenvalue weighted by atomic mass is 16.2. The first-order chi connectivity index (χ1) is 11.6. The number of benzene rings is 1. The Morgan fingerprint density at radius 3 is 2.29 bits per heavy atom. The Hall–Kier alpha value is -2.70. The number of carbonyl (C=O) groups is 2. The van der Waals surface area contributed by atoms with Gasteiger partial charge in [0.2, 0.25) is 5.91 Å². The van der Waals surface area contributed by atoms with Gasteiger partial charge in [0, 0.05) is 37.4 Å². The number of nitrogens with zero attached hydrogens (tertiary/aromatic N) is 5. The molecule has 126 valence electrons. The van der Waals surface area contributed by atoms with Crippen molar-refractivity contribution < 1.29 is 9.59 Å². The third-order valence-electron chi connectivity index (χ3n) is 4.42. The van der Waals surface area contributed by atoms with Crippen LogP contribution in [0.25, 0.3) is 0 Å². The van der Waals surface area contributed by atoms with E-state index < -0.39 is 0 Å². The predicted molar refractivity (Wildman–Crippen MR) is 90.0 cm³/mol. The summed E-state index contributed by atoms with van der Waals surface area (Å²) in [4.78, 5) is 31.9. The zero-order valence-corrected chi connectivity index (χ0v) is 13.9. The standard InChI is InChI=1S/C17H21N5O2/c1-13(22-12-18-11-19-22)17(24)21-9-7-20(8-10-21)16-5-3-15(4-6-16)14(2)23/h3-6,11-13H,7-10H2,1-2H3/t13-/m1/s1. The highest BCUT2D eigenvalue weighted by Gasteiger charge is 2.26. The molecule has 1 aromatic heterocycles. The molecule has 1 aromatic carbocycles. The van der Waals surface area contributed by atoms with Crippen LogP contribution in [0.4, 0.5) is 5.69 Å². The number of hydrogen-bond donors (Lipinski definition) is 0. The van der Waals surface area contributed by atoms with Crippen molar-refractivity contribution in [2.45, 2.75) is 19.9 Å². The number of rotatable bonds is 4. The molecule has 0 unspecified atom stereocenters. The maximum absolute atomic E-state index is 12.5. The van der Waals surface area contributed by atoms with Crippen LogP contribution >= 0.6 is 0 Å². The van der Waals surface area contributed by atoms with Gasteiger partial charge in [-0.3, -0.25) is 9.59 Å². The fourth-order valence-corrected chi connectivity index (χ4v) is 2.89.